The molecule has 6 aromatic rings. The van der Waals surface area contributed by atoms with Crippen LogP contribution in [-0.2, 0) is 342 Å². The molecule has 0 radical (unpaired) electrons. The van der Waals surface area contributed by atoms with Gasteiger partial charge in [-0.25, -0.2) is 0 Å². The van der Waals surface area contributed by atoms with Gasteiger partial charge in [0.2, 0.25) is 0 Å². The van der Waals surface area contributed by atoms with E-state index in [2.05, 4.69) is 77.2 Å². The Labute approximate surface area is 481 Å². The zero-order valence-corrected chi connectivity index (χ0v) is 60.6. The summed E-state index contributed by atoms with van der Waals surface area (Å²) in [7, 11) is 63.7. The fourth-order valence-electron chi connectivity index (χ4n) is 4.67. The molecule has 0 fully saturated rings. The van der Waals surface area contributed by atoms with Crippen LogP contribution in [0.5, 0.6) is 0 Å². The van der Waals surface area contributed by atoms with Gasteiger partial charge in [0, 0.05) is 369 Å². The van der Waals surface area contributed by atoms with Crippen molar-refractivity contribution >= 4 is 386 Å². The zero-order chi connectivity index (χ0) is 44.7. The Hall–Kier alpha value is 4.84. The average molecular weight is 1550 g/mol. The van der Waals surface area contributed by atoms with E-state index in [0.717, 1.165) is 5.69 Å². The second-order valence-corrected chi connectivity index (χ2v) is 73.0. The smallest absolute Gasteiger partial charge is 0.0620 e. The standard InChI is InChI=1S/C24H16N2.S38/c25-17-11-8-15(9-12-17)16-10-13-23-21(14-16)20-6-3-5-19-18-4-1-2-7-22(18)26(23)24(19)20;1-3-5-7-9-11-13-15-17-19-21-23-25-27-29-31-33-35-37-38-36-34-32-30-28-26-24-22-20-18-16-14-12-10-8-6-4-2/h1-14H,25H2;. The number of benzene rings is 4. The van der Waals surface area contributed by atoms with Crippen molar-refractivity contribution in [3.8, 4) is 11.1 Å². The van der Waals surface area contributed by atoms with Gasteiger partial charge in [-0.3, -0.25) is 0 Å². The van der Waals surface area contributed by atoms with Gasteiger partial charge in [-0.15, -0.1) is 0 Å². The monoisotopic (exact) mass is 1550 g/mol. The van der Waals surface area contributed by atoms with Gasteiger partial charge < -0.3 is 10.1 Å². The summed E-state index contributed by atoms with van der Waals surface area (Å²) >= 11 is 9.60. The van der Waals surface area contributed by atoms with Crippen LogP contribution in [0.1, 0.15) is 0 Å². The lowest BCUT2D eigenvalue weighted by molar-refractivity contribution is 1.37. The maximum Gasteiger partial charge on any atom is 0.0620 e. The van der Waals surface area contributed by atoms with Crippen molar-refractivity contribution in [1.29, 1.82) is 0 Å². The lowest BCUT2D eigenvalue weighted by Gasteiger charge is -2.04. The molecule has 0 aliphatic heterocycles. The van der Waals surface area contributed by atoms with Gasteiger partial charge in [0.05, 0.1) is 16.6 Å². The average Bonchev–Trinajstić information content (AvgIpc) is 3.84. The van der Waals surface area contributed by atoms with Crippen LogP contribution in [0.2, 0.25) is 0 Å². The quantitative estimate of drug-likeness (QED) is 0.206. The first-order chi connectivity index (χ1) is 31.7. The Morgan fingerprint density at radius 1 is 0.297 bits per heavy atom. The number of rotatable bonds is 1. The van der Waals surface area contributed by atoms with E-state index in [4.69, 9.17) is 28.1 Å². The van der Waals surface area contributed by atoms with E-state index in [9.17, 15) is 0 Å². The van der Waals surface area contributed by atoms with Gasteiger partial charge in [0.1, 0.15) is 0 Å². The number of nitrogen functional groups attached to an aromatic ring is 1. The lowest BCUT2D eigenvalue weighted by Crippen LogP contribution is -1.84. The van der Waals surface area contributed by atoms with Crippen molar-refractivity contribution in [3.05, 3.63) is 84.9 Å². The van der Waals surface area contributed by atoms with Gasteiger partial charge in [-0.1, -0.05) is 54.6 Å². The summed E-state index contributed by atoms with van der Waals surface area (Å²) in [5.41, 5.74) is 12.9. The van der Waals surface area contributed by atoms with E-state index in [0.29, 0.717) is 0 Å². The highest BCUT2D eigenvalue weighted by Gasteiger charge is 2.16. The molecule has 2 nitrogen and oxygen atoms in total. The fourth-order valence-corrected chi connectivity index (χ4v) is 98.0. The van der Waals surface area contributed by atoms with Crippen LogP contribution in [0.3, 0.4) is 0 Å². The molecule has 350 valence electrons. The van der Waals surface area contributed by atoms with Crippen molar-refractivity contribution in [2.24, 2.45) is 0 Å². The topological polar surface area (TPSA) is 30.4 Å². The summed E-state index contributed by atoms with van der Waals surface area (Å²) in [6, 6.07) is 30.1. The fraction of sp³-hybridized carbons (Fsp3) is 0. The molecule has 2 heterocycles. The molecule has 0 atom stereocenters. The molecule has 0 aliphatic carbocycles. The number of aromatic nitrogens is 1. The van der Waals surface area contributed by atoms with Crippen molar-refractivity contribution < 1.29 is 0 Å². The molecule has 6 rings (SSSR count). The first-order valence-corrected chi connectivity index (χ1v) is 64.3. The van der Waals surface area contributed by atoms with Gasteiger partial charge in [-0.05, 0) is 41.5 Å². The molecule has 0 spiro atoms. The van der Waals surface area contributed by atoms with Crippen LogP contribution >= 0.6 is 0 Å². The molecule has 4 aromatic carbocycles. The highest BCUT2D eigenvalue weighted by molar-refractivity contribution is 8.81. The zero-order valence-electron chi connectivity index (χ0n) is 29.6. The highest BCUT2D eigenvalue weighted by Crippen LogP contribution is 2.40. The summed E-state index contributed by atoms with van der Waals surface area (Å²) in [5, 5.41) is 5.25. The van der Waals surface area contributed by atoms with E-state index < -0.39 is 0 Å². The normalized spacial score (nSPS) is 9.44. The molecule has 0 bridgehead atoms. The molecule has 0 aliphatic rings. The second-order valence-electron chi connectivity index (χ2n) is 9.36. The minimum atomic E-state index is 0.794. The van der Waals surface area contributed by atoms with Crippen LogP contribution in [0, 0.1) is 0 Å². The van der Waals surface area contributed by atoms with Gasteiger partial charge in [-0.2, -0.15) is 0 Å². The Kier molecular flexibility index (Phi) is 36.6. The van der Waals surface area contributed by atoms with Crippen molar-refractivity contribution in [3.63, 3.8) is 0 Å². The van der Waals surface area contributed by atoms with Crippen LogP contribution in [0.4, 0.5) is 5.69 Å². The van der Waals surface area contributed by atoms with Crippen LogP contribution in [0.15, 0.2) is 84.9 Å². The van der Waals surface area contributed by atoms with E-state index in [1.807, 2.05) is 208 Å². The maximum atomic E-state index is 5.84. The minimum Gasteiger partial charge on any atom is -0.399 e. The van der Waals surface area contributed by atoms with Crippen molar-refractivity contribution in [1.82, 2.24) is 4.40 Å². The Bertz CT molecular complexity index is 4290. The van der Waals surface area contributed by atoms with Crippen molar-refractivity contribution in [2.45, 2.75) is 0 Å². The molecule has 0 saturated heterocycles. The predicted molar refractivity (Wildman–Crippen MR) is 391 cm³/mol. The number of nitrogens with two attached hydrogens (primary N) is 1. The van der Waals surface area contributed by atoms with Crippen LogP contribution in [-0.4, -0.2) is 4.40 Å². The van der Waals surface area contributed by atoms with Gasteiger partial charge in [0.15, 0.2) is 0 Å². The van der Waals surface area contributed by atoms with E-state index in [1.54, 1.807) is 107 Å². The third-order valence-corrected chi connectivity index (χ3v) is 84.2. The van der Waals surface area contributed by atoms with Crippen LogP contribution < -0.4 is 5.73 Å². The van der Waals surface area contributed by atoms with E-state index in [-0.39, 0.29) is 0 Å². The van der Waals surface area contributed by atoms with Crippen LogP contribution in [0.25, 0.3) is 49.2 Å². The molecule has 40 heteroatoms. The number of anilines is 1. The number of hydrogen-bond donors (Lipinski definition) is 1. The maximum absolute atomic E-state index is 5.84. The number of para-hydroxylation sites is 2. The Morgan fingerprint density at radius 3 is 1.00 bits per heavy atom. The number of nitrogens with zero attached hydrogens (tertiary/aromatic N) is 1. The highest BCUT2D eigenvalue weighted by atomic mass is 33.5. The largest absolute Gasteiger partial charge is 0.399 e. The SMILES string of the molecule is Nc1ccc(-c2ccc3c(c2)c2cccc4c5ccccc5n3c42)cc1.S=S=S=S=S=S=S=S=S=S=S=S=S=S=S=S=S=S=S=S=S=S=S=S=S=S=S=S=S=S=S=S=S=S=S=S=S=S. The minimum absolute atomic E-state index is 0.794. The summed E-state index contributed by atoms with van der Waals surface area (Å²) in [5.74, 6) is 0. The molecule has 64 heavy (non-hydrogen) atoms. The summed E-state index contributed by atoms with van der Waals surface area (Å²) in [6.07, 6.45) is 0. The Morgan fingerprint density at radius 2 is 0.609 bits per heavy atom. The Balaban J connectivity index is 0.000000254. The lowest BCUT2D eigenvalue weighted by atomic mass is 10.0. The molecule has 0 saturated carbocycles. The van der Waals surface area contributed by atoms with Gasteiger partial charge >= 0.3 is 0 Å². The van der Waals surface area contributed by atoms with E-state index in [1.165, 1.54) is 67.0 Å². The van der Waals surface area contributed by atoms with Crippen molar-refractivity contribution in [2.75, 3.05) is 5.73 Å². The summed E-state index contributed by atoms with van der Waals surface area (Å²) in [4.78, 5) is 0. The molecule has 0 unspecified atom stereocenters. The first kappa shape index (κ1) is 59.7. The predicted octanol–water partition coefficient (Wildman–Crippen LogP) is 5.99. The number of hydrogen-bond acceptors (Lipinski definition) is 3. The van der Waals surface area contributed by atoms with Gasteiger partial charge in [0.25, 0.3) is 0 Å². The second kappa shape index (κ2) is 39.3. The first-order valence-electron chi connectivity index (χ1n) is 15.0. The number of fused-ring (bicyclic) bond motifs is 6. The molecule has 2 aromatic heterocycles. The summed E-state index contributed by atoms with van der Waals surface area (Å²) in [6.45, 7) is 0. The third kappa shape index (κ3) is 23.2. The molecule has 2 N–H and O–H groups in total. The molecular formula is C24H16N2S38. The van der Waals surface area contributed by atoms with E-state index >= 15 is 0 Å². The molecular weight excluding hydrogens is 1530 g/mol. The molecule has 0 amide bonds. The summed E-state index contributed by atoms with van der Waals surface area (Å²) < 4.78 is 2.40. The third-order valence-electron chi connectivity index (χ3n) is 6.44.